The Kier molecular flexibility index (Phi) is 5.95. The molecule has 134 valence electrons. The van der Waals surface area contributed by atoms with Crippen LogP contribution < -0.4 is 11.1 Å². The van der Waals surface area contributed by atoms with E-state index in [4.69, 9.17) is 5.73 Å². The molecule has 1 amide bonds. The first-order valence-corrected chi connectivity index (χ1v) is 9.46. The van der Waals surface area contributed by atoms with Gasteiger partial charge in [0.1, 0.15) is 5.82 Å². The number of carbonyl (C=O) groups excluding carboxylic acids is 1. The van der Waals surface area contributed by atoms with Crippen LogP contribution in [0.25, 0.3) is 0 Å². The molecule has 0 radical (unpaired) electrons. The maximum absolute atomic E-state index is 13.5. The van der Waals surface area contributed by atoms with E-state index in [0.717, 1.165) is 0 Å². The fourth-order valence-electron chi connectivity index (χ4n) is 3.15. The number of rotatable bonds is 5. The molecule has 1 fully saturated rings. The average molecular weight is 357 g/mol. The molecule has 2 rings (SSSR count). The van der Waals surface area contributed by atoms with Gasteiger partial charge < -0.3 is 11.1 Å². The van der Waals surface area contributed by atoms with Gasteiger partial charge in [0.15, 0.2) is 0 Å². The van der Waals surface area contributed by atoms with Crippen LogP contribution in [0.15, 0.2) is 17.0 Å². The van der Waals surface area contributed by atoms with Crippen molar-refractivity contribution < 1.29 is 17.6 Å². The van der Waals surface area contributed by atoms with Gasteiger partial charge in [-0.2, -0.15) is 4.31 Å². The monoisotopic (exact) mass is 357 g/mol. The van der Waals surface area contributed by atoms with Crippen molar-refractivity contribution in [3.63, 3.8) is 0 Å². The molecule has 1 unspecified atom stereocenters. The Morgan fingerprint density at radius 1 is 1.38 bits per heavy atom. The highest BCUT2D eigenvalue weighted by Gasteiger charge is 2.34. The summed E-state index contributed by atoms with van der Waals surface area (Å²) in [5, 5.41) is 2.71. The summed E-state index contributed by atoms with van der Waals surface area (Å²) < 4.78 is 40.7. The second-order valence-corrected chi connectivity index (χ2v) is 8.03. The van der Waals surface area contributed by atoms with Crippen LogP contribution in [-0.2, 0) is 14.8 Å². The lowest BCUT2D eigenvalue weighted by Gasteiger charge is -2.32. The van der Waals surface area contributed by atoms with Crippen molar-refractivity contribution in [3.05, 3.63) is 29.1 Å². The lowest BCUT2D eigenvalue weighted by molar-refractivity contribution is -0.126. The number of nitrogens with one attached hydrogen (secondary N) is 1. The van der Waals surface area contributed by atoms with Crippen molar-refractivity contribution >= 4 is 15.9 Å². The topological polar surface area (TPSA) is 92.5 Å². The van der Waals surface area contributed by atoms with E-state index < -0.39 is 15.8 Å². The lowest BCUT2D eigenvalue weighted by Crippen LogP contribution is -2.46. The number of hydrogen-bond donors (Lipinski definition) is 2. The molecule has 1 heterocycles. The van der Waals surface area contributed by atoms with E-state index in [-0.39, 0.29) is 23.3 Å². The van der Waals surface area contributed by atoms with Crippen LogP contribution >= 0.6 is 0 Å². The number of carbonyl (C=O) groups is 1. The van der Waals surface area contributed by atoms with Gasteiger partial charge in [0.25, 0.3) is 0 Å². The standard InChI is InChI=1S/C16H24FN3O3S/c1-11-8-14(17)9-12(2)15(11)24(22,23)20-7-3-4-13(10-20)16(21)19-6-5-18/h8-9,13H,3-7,10,18H2,1-2H3,(H,19,21). The van der Waals surface area contributed by atoms with Gasteiger partial charge in [0, 0.05) is 26.2 Å². The predicted octanol–water partition coefficient (Wildman–Crippen LogP) is 0.918. The molecule has 1 atom stereocenters. The summed E-state index contributed by atoms with van der Waals surface area (Å²) in [6, 6.07) is 2.44. The molecule has 3 N–H and O–H groups in total. The summed E-state index contributed by atoms with van der Waals surface area (Å²) >= 11 is 0. The molecule has 24 heavy (non-hydrogen) atoms. The molecule has 0 aliphatic carbocycles. The summed E-state index contributed by atoms with van der Waals surface area (Å²) in [6.45, 7) is 4.37. The first kappa shape index (κ1) is 18.8. The van der Waals surface area contributed by atoms with Crippen molar-refractivity contribution in [1.82, 2.24) is 9.62 Å². The average Bonchev–Trinajstić information content (AvgIpc) is 2.51. The van der Waals surface area contributed by atoms with Crippen molar-refractivity contribution in [2.45, 2.75) is 31.6 Å². The zero-order valence-electron chi connectivity index (χ0n) is 14.0. The van der Waals surface area contributed by atoms with Crippen molar-refractivity contribution in [2.75, 3.05) is 26.2 Å². The van der Waals surface area contributed by atoms with E-state index in [2.05, 4.69) is 5.32 Å². The third-order valence-electron chi connectivity index (χ3n) is 4.22. The van der Waals surface area contributed by atoms with Gasteiger partial charge in [-0.25, -0.2) is 12.8 Å². The van der Waals surface area contributed by atoms with Gasteiger partial charge in [-0.15, -0.1) is 0 Å². The second kappa shape index (κ2) is 7.58. The minimum Gasteiger partial charge on any atom is -0.355 e. The van der Waals surface area contributed by atoms with Gasteiger partial charge >= 0.3 is 0 Å². The highest BCUT2D eigenvalue weighted by atomic mass is 32.2. The first-order chi connectivity index (χ1) is 11.3. The highest BCUT2D eigenvalue weighted by Crippen LogP contribution is 2.28. The number of amides is 1. The van der Waals surface area contributed by atoms with Crippen molar-refractivity contribution in [2.24, 2.45) is 11.7 Å². The number of nitrogens with zero attached hydrogens (tertiary/aromatic N) is 1. The maximum Gasteiger partial charge on any atom is 0.243 e. The molecular formula is C16H24FN3O3S. The molecule has 8 heteroatoms. The molecule has 6 nitrogen and oxygen atoms in total. The van der Waals surface area contributed by atoms with Gasteiger partial charge in [-0.05, 0) is 49.9 Å². The Hall–Kier alpha value is -1.51. The fraction of sp³-hybridized carbons (Fsp3) is 0.562. The number of hydrogen-bond acceptors (Lipinski definition) is 4. The van der Waals surface area contributed by atoms with E-state index in [0.29, 0.717) is 43.6 Å². The van der Waals surface area contributed by atoms with Crippen LogP contribution in [0.5, 0.6) is 0 Å². The van der Waals surface area contributed by atoms with Gasteiger partial charge in [0.2, 0.25) is 15.9 Å². The van der Waals surface area contributed by atoms with E-state index in [9.17, 15) is 17.6 Å². The lowest BCUT2D eigenvalue weighted by atomic mass is 9.99. The van der Waals surface area contributed by atoms with Crippen LogP contribution in [0.4, 0.5) is 4.39 Å². The number of piperidine rings is 1. The Labute approximate surface area is 142 Å². The fourth-order valence-corrected chi connectivity index (χ4v) is 5.08. The number of nitrogens with two attached hydrogens (primary N) is 1. The van der Waals surface area contributed by atoms with Crippen LogP contribution in [0.1, 0.15) is 24.0 Å². The predicted molar refractivity (Wildman–Crippen MR) is 89.4 cm³/mol. The highest BCUT2D eigenvalue weighted by molar-refractivity contribution is 7.89. The second-order valence-electron chi connectivity index (χ2n) is 6.15. The van der Waals surface area contributed by atoms with E-state index >= 15 is 0 Å². The van der Waals surface area contributed by atoms with Crippen LogP contribution in [0, 0.1) is 25.6 Å². The molecule has 1 aromatic rings. The van der Waals surface area contributed by atoms with E-state index in [1.165, 1.54) is 16.4 Å². The molecule has 0 aromatic heterocycles. The molecule has 0 saturated carbocycles. The largest absolute Gasteiger partial charge is 0.355 e. The summed E-state index contributed by atoms with van der Waals surface area (Å²) in [4.78, 5) is 12.2. The number of halogens is 1. The molecule has 1 aliphatic rings. The Balaban J connectivity index is 2.25. The number of benzene rings is 1. The van der Waals surface area contributed by atoms with E-state index in [1.807, 2.05) is 0 Å². The SMILES string of the molecule is Cc1cc(F)cc(C)c1S(=O)(=O)N1CCCC(C(=O)NCCN)C1. The quantitative estimate of drug-likeness (QED) is 0.819. The van der Waals surface area contributed by atoms with Gasteiger partial charge in [-0.1, -0.05) is 0 Å². The summed E-state index contributed by atoms with van der Waals surface area (Å²) in [5.74, 6) is -1.02. The summed E-state index contributed by atoms with van der Waals surface area (Å²) in [5.41, 5.74) is 6.13. The Morgan fingerprint density at radius 2 is 2.00 bits per heavy atom. The zero-order valence-corrected chi connectivity index (χ0v) is 14.8. The minimum absolute atomic E-state index is 0.131. The van der Waals surface area contributed by atoms with Crippen molar-refractivity contribution in [1.29, 1.82) is 0 Å². The van der Waals surface area contributed by atoms with Crippen LogP contribution in [0.3, 0.4) is 0 Å². The molecule has 1 saturated heterocycles. The van der Waals surface area contributed by atoms with Crippen molar-refractivity contribution in [3.8, 4) is 0 Å². The number of aryl methyl sites for hydroxylation is 2. The van der Waals surface area contributed by atoms with Crippen LogP contribution in [0.2, 0.25) is 0 Å². The first-order valence-electron chi connectivity index (χ1n) is 8.02. The summed E-state index contributed by atoms with van der Waals surface area (Å²) in [6.07, 6.45) is 1.25. The third kappa shape index (κ3) is 3.93. The molecule has 1 aliphatic heterocycles. The Morgan fingerprint density at radius 3 is 2.58 bits per heavy atom. The van der Waals surface area contributed by atoms with Gasteiger partial charge in [-0.3, -0.25) is 4.79 Å². The minimum atomic E-state index is -3.77. The van der Waals surface area contributed by atoms with Crippen LogP contribution in [-0.4, -0.2) is 44.8 Å². The van der Waals surface area contributed by atoms with E-state index in [1.54, 1.807) is 13.8 Å². The normalized spacial score (nSPS) is 19.2. The zero-order chi connectivity index (χ0) is 17.9. The Bertz CT molecular complexity index is 698. The summed E-state index contributed by atoms with van der Waals surface area (Å²) in [7, 11) is -3.77. The molecule has 1 aromatic carbocycles. The van der Waals surface area contributed by atoms with Gasteiger partial charge in [0.05, 0.1) is 10.8 Å². The smallest absolute Gasteiger partial charge is 0.243 e. The third-order valence-corrected chi connectivity index (χ3v) is 6.39. The number of sulfonamides is 1. The maximum atomic E-state index is 13.5. The molecule has 0 bridgehead atoms. The molecular weight excluding hydrogens is 333 g/mol. The molecule has 0 spiro atoms.